The number of aryl methyl sites for hydroxylation is 1. The van der Waals surface area contributed by atoms with Gasteiger partial charge in [-0.15, -0.1) is 11.3 Å². The molecule has 0 aliphatic carbocycles. The SMILES string of the molecule is Cc1nc(C(=O)NCCN2C(=O)S/C(=C\c3ccccc3F)C2=O)cs1. The van der Waals surface area contributed by atoms with Gasteiger partial charge in [-0.1, -0.05) is 18.2 Å². The monoisotopic (exact) mass is 391 g/mol. The maximum absolute atomic E-state index is 13.7. The Morgan fingerprint density at radius 2 is 2.12 bits per heavy atom. The van der Waals surface area contributed by atoms with Crippen LogP contribution >= 0.6 is 23.1 Å². The number of aromatic nitrogens is 1. The lowest BCUT2D eigenvalue weighted by atomic mass is 10.2. The van der Waals surface area contributed by atoms with Gasteiger partial charge in [0.2, 0.25) is 0 Å². The number of hydrogen-bond donors (Lipinski definition) is 1. The van der Waals surface area contributed by atoms with Gasteiger partial charge in [0.1, 0.15) is 11.5 Å². The third-order valence-corrected chi connectivity index (χ3v) is 5.22. The minimum absolute atomic E-state index is 0.0359. The van der Waals surface area contributed by atoms with Gasteiger partial charge in [-0.05, 0) is 30.8 Å². The summed E-state index contributed by atoms with van der Waals surface area (Å²) < 4.78 is 13.7. The highest BCUT2D eigenvalue weighted by Crippen LogP contribution is 2.32. The number of hydrogen-bond acceptors (Lipinski definition) is 6. The number of halogens is 1. The largest absolute Gasteiger partial charge is 0.349 e. The van der Waals surface area contributed by atoms with E-state index in [9.17, 15) is 18.8 Å². The number of thioether (sulfide) groups is 1. The molecule has 3 rings (SSSR count). The molecule has 26 heavy (non-hydrogen) atoms. The number of rotatable bonds is 5. The highest BCUT2D eigenvalue weighted by Gasteiger charge is 2.34. The topological polar surface area (TPSA) is 79.4 Å². The molecule has 1 fully saturated rings. The van der Waals surface area contributed by atoms with E-state index in [1.54, 1.807) is 24.4 Å². The zero-order chi connectivity index (χ0) is 18.7. The lowest BCUT2D eigenvalue weighted by molar-refractivity contribution is -0.122. The van der Waals surface area contributed by atoms with E-state index in [1.807, 2.05) is 0 Å². The van der Waals surface area contributed by atoms with Crippen molar-refractivity contribution in [1.82, 2.24) is 15.2 Å². The summed E-state index contributed by atoms with van der Waals surface area (Å²) in [6, 6.07) is 6.00. The molecular weight excluding hydrogens is 377 g/mol. The van der Waals surface area contributed by atoms with Gasteiger partial charge in [-0.25, -0.2) is 9.37 Å². The number of carbonyl (C=O) groups is 3. The van der Waals surface area contributed by atoms with Gasteiger partial charge < -0.3 is 5.32 Å². The van der Waals surface area contributed by atoms with Gasteiger partial charge >= 0.3 is 0 Å². The number of benzene rings is 1. The van der Waals surface area contributed by atoms with Crippen LogP contribution in [0.5, 0.6) is 0 Å². The molecule has 6 nitrogen and oxygen atoms in total. The predicted molar refractivity (Wildman–Crippen MR) is 98.3 cm³/mol. The van der Waals surface area contributed by atoms with E-state index < -0.39 is 17.0 Å². The standard InChI is InChI=1S/C17H14FN3O3S2/c1-10-20-13(9-25-10)15(22)19-6-7-21-16(23)14(26-17(21)24)8-11-4-2-3-5-12(11)18/h2-5,8-9H,6-7H2,1H3,(H,19,22)/b14-8-. The molecule has 134 valence electrons. The van der Waals surface area contributed by atoms with E-state index >= 15 is 0 Å². The lowest BCUT2D eigenvalue weighted by Crippen LogP contribution is -2.37. The van der Waals surface area contributed by atoms with Crippen LogP contribution < -0.4 is 5.32 Å². The fourth-order valence-electron chi connectivity index (χ4n) is 2.27. The van der Waals surface area contributed by atoms with E-state index in [1.165, 1.54) is 29.5 Å². The summed E-state index contributed by atoms with van der Waals surface area (Å²) in [5.41, 5.74) is 0.547. The van der Waals surface area contributed by atoms with Crippen molar-refractivity contribution < 1.29 is 18.8 Å². The molecule has 3 amide bonds. The van der Waals surface area contributed by atoms with E-state index in [-0.39, 0.29) is 29.5 Å². The van der Waals surface area contributed by atoms with Gasteiger partial charge in [0, 0.05) is 24.0 Å². The molecule has 1 aliphatic rings. The highest BCUT2D eigenvalue weighted by molar-refractivity contribution is 8.18. The first-order valence-corrected chi connectivity index (χ1v) is 9.35. The molecule has 1 N–H and O–H groups in total. The van der Waals surface area contributed by atoms with Crippen LogP contribution in [0.25, 0.3) is 6.08 Å². The van der Waals surface area contributed by atoms with Crippen molar-refractivity contribution in [3.63, 3.8) is 0 Å². The van der Waals surface area contributed by atoms with Crippen molar-refractivity contribution in [2.24, 2.45) is 0 Å². The Balaban J connectivity index is 1.61. The van der Waals surface area contributed by atoms with E-state index in [0.717, 1.165) is 21.7 Å². The smallest absolute Gasteiger partial charge is 0.293 e. The molecule has 9 heteroatoms. The Hall–Kier alpha value is -2.52. The highest BCUT2D eigenvalue weighted by atomic mass is 32.2. The third kappa shape index (κ3) is 4.00. The molecule has 2 heterocycles. The second-order valence-electron chi connectivity index (χ2n) is 5.36. The molecule has 0 bridgehead atoms. The van der Waals surface area contributed by atoms with Gasteiger partial charge in [-0.3, -0.25) is 19.3 Å². The van der Waals surface area contributed by atoms with Crippen LogP contribution in [0.4, 0.5) is 9.18 Å². The van der Waals surface area contributed by atoms with Crippen LogP contribution in [0, 0.1) is 12.7 Å². The number of nitrogens with one attached hydrogen (secondary N) is 1. The van der Waals surface area contributed by atoms with E-state index in [0.29, 0.717) is 5.69 Å². The zero-order valence-electron chi connectivity index (χ0n) is 13.7. The number of nitrogens with zero attached hydrogens (tertiary/aromatic N) is 2. The van der Waals surface area contributed by atoms with Crippen molar-refractivity contribution in [3.8, 4) is 0 Å². The number of thiazole rings is 1. The fraction of sp³-hybridized carbons (Fsp3) is 0.176. The Kier molecular flexibility index (Phi) is 5.48. The fourth-order valence-corrected chi connectivity index (χ4v) is 3.71. The van der Waals surface area contributed by atoms with Gasteiger partial charge in [-0.2, -0.15) is 0 Å². The predicted octanol–water partition coefficient (Wildman–Crippen LogP) is 3.06. The van der Waals surface area contributed by atoms with Crippen molar-refractivity contribution in [1.29, 1.82) is 0 Å². The first-order chi connectivity index (χ1) is 12.5. The third-order valence-electron chi connectivity index (χ3n) is 3.54. The Labute approximate surface area is 157 Å². The Bertz CT molecular complexity index is 910. The quantitative estimate of drug-likeness (QED) is 0.793. The molecule has 1 aromatic heterocycles. The number of carbonyl (C=O) groups excluding carboxylic acids is 3. The zero-order valence-corrected chi connectivity index (χ0v) is 15.3. The Morgan fingerprint density at radius 1 is 1.35 bits per heavy atom. The van der Waals surface area contributed by atoms with Crippen molar-refractivity contribution in [2.75, 3.05) is 13.1 Å². The molecule has 1 saturated heterocycles. The average Bonchev–Trinajstić information content (AvgIpc) is 3.15. The van der Waals surface area contributed by atoms with E-state index in [2.05, 4.69) is 10.3 Å². The minimum Gasteiger partial charge on any atom is -0.349 e. The molecule has 0 spiro atoms. The normalized spacial score (nSPS) is 15.8. The first kappa shape index (κ1) is 18.3. The van der Waals surface area contributed by atoms with Crippen LogP contribution in [-0.4, -0.2) is 40.0 Å². The summed E-state index contributed by atoms with van der Waals surface area (Å²) in [6.45, 7) is 1.94. The molecular formula is C17H14FN3O3S2. The van der Waals surface area contributed by atoms with Gasteiger partial charge in [0.25, 0.3) is 17.1 Å². The average molecular weight is 391 g/mol. The summed E-state index contributed by atoms with van der Waals surface area (Å²) in [7, 11) is 0. The summed E-state index contributed by atoms with van der Waals surface area (Å²) >= 11 is 2.11. The van der Waals surface area contributed by atoms with E-state index in [4.69, 9.17) is 0 Å². The second kappa shape index (κ2) is 7.79. The van der Waals surface area contributed by atoms with Gasteiger partial charge in [0.05, 0.1) is 9.91 Å². The Morgan fingerprint density at radius 3 is 2.81 bits per heavy atom. The molecule has 2 aromatic rings. The summed E-state index contributed by atoms with van der Waals surface area (Å²) in [5, 5.41) is 4.59. The van der Waals surface area contributed by atoms with Crippen molar-refractivity contribution >= 4 is 46.2 Å². The lowest BCUT2D eigenvalue weighted by Gasteiger charge is -2.12. The van der Waals surface area contributed by atoms with Crippen LogP contribution in [0.1, 0.15) is 21.1 Å². The molecule has 1 aliphatic heterocycles. The number of imide groups is 1. The molecule has 1 aromatic carbocycles. The summed E-state index contributed by atoms with van der Waals surface area (Å²) in [6.07, 6.45) is 1.36. The molecule has 0 atom stereocenters. The van der Waals surface area contributed by atoms with Crippen LogP contribution in [0.15, 0.2) is 34.6 Å². The second-order valence-corrected chi connectivity index (χ2v) is 7.42. The van der Waals surface area contributed by atoms with Gasteiger partial charge in [0.15, 0.2) is 0 Å². The first-order valence-electron chi connectivity index (χ1n) is 7.66. The van der Waals surface area contributed by atoms with Crippen LogP contribution in [0.2, 0.25) is 0 Å². The summed E-state index contributed by atoms with van der Waals surface area (Å²) in [4.78, 5) is 41.6. The van der Waals surface area contributed by atoms with Crippen molar-refractivity contribution in [3.05, 3.63) is 56.6 Å². The maximum atomic E-state index is 13.7. The van der Waals surface area contributed by atoms with Crippen LogP contribution in [-0.2, 0) is 4.79 Å². The maximum Gasteiger partial charge on any atom is 0.293 e. The molecule has 0 radical (unpaired) electrons. The molecule has 0 saturated carbocycles. The molecule has 0 unspecified atom stereocenters. The summed E-state index contributed by atoms with van der Waals surface area (Å²) in [5.74, 6) is -1.32. The van der Waals surface area contributed by atoms with Crippen molar-refractivity contribution in [2.45, 2.75) is 6.92 Å². The minimum atomic E-state index is -0.498. The number of amides is 3. The van der Waals surface area contributed by atoms with Crippen LogP contribution in [0.3, 0.4) is 0 Å².